The first-order valence-electron chi connectivity index (χ1n) is 5.85. The summed E-state index contributed by atoms with van der Waals surface area (Å²) in [5.74, 6) is -0.0793. The lowest BCUT2D eigenvalue weighted by Crippen LogP contribution is -2.23. The molecule has 0 radical (unpaired) electrons. The van der Waals surface area contributed by atoms with Crippen LogP contribution in [0.5, 0.6) is 0 Å². The van der Waals surface area contributed by atoms with Crippen molar-refractivity contribution in [1.82, 2.24) is 5.32 Å². The molecular weight excluding hydrogens is 373 g/mol. The summed E-state index contributed by atoms with van der Waals surface area (Å²) in [6.45, 7) is 2.44. The van der Waals surface area contributed by atoms with Gasteiger partial charge in [-0.2, -0.15) is 0 Å². The van der Waals surface area contributed by atoms with Gasteiger partial charge in [0.25, 0.3) is 5.91 Å². The average molecular weight is 386 g/mol. The number of carbonyl (C=O) groups is 1. The van der Waals surface area contributed by atoms with Crippen LogP contribution in [0.1, 0.15) is 21.5 Å². The van der Waals surface area contributed by atoms with Crippen LogP contribution in [0.3, 0.4) is 0 Å². The van der Waals surface area contributed by atoms with Gasteiger partial charge in [-0.15, -0.1) is 0 Å². The van der Waals surface area contributed by atoms with E-state index in [4.69, 9.17) is 11.6 Å². The number of nitrogens with one attached hydrogen (secondary N) is 1. The fraction of sp³-hybridized carbons (Fsp3) is 0.133. The molecule has 2 aromatic rings. The Morgan fingerprint density at radius 1 is 1.26 bits per heavy atom. The van der Waals surface area contributed by atoms with Crippen LogP contribution in [0.25, 0.3) is 0 Å². The highest BCUT2D eigenvalue weighted by atomic mass is 127. The zero-order valence-corrected chi connectivity index (χ0v) is 13.3. The summed E-state index contributed by atoms with van der Waals surface area (Å²) in [5, 5.41) is 3.56. The van der Waals surface area contributed by atoms with E-state index in [2.05, 4.69) is 27.9 Å². The first-order chi connectivity index (χ1) is 9.08. The number of hydrogen-bond donors (Lipinski definition) is 1. The summed E-state index contributed by atoms with van der Waals surface area (Å²) in [5.41, 5.74) is 2.75. The van der Waals surface area contributed by atoms with Gasteiger partial charge in [0.2, 0.25) is 0 Å². The fourth-order valence-corrected chi connectivity index (χ4v) is 2.84. The van der Waals surface area contributed by atoms with Crippen molar-refractivity contribution in [3.05, 3.63) is 67.7 Å². The third-order valence-corrected chi connectivity index (χ3v) is 4.03. The zero-order valence-electron chi connectivity index (χ0n) is 10.4. The van der Waals surface area contributed by atoms with Crippen LogP contribution in [0.15, 0.2) is 42.5 Å². The van der Waals surface area contributed by atoms with Crippen molar-refractivity contribution in [3.63, 3.8) is 0 Å². The van der Waals surface area contributed by atoms with E-state index in [1.165, 1.54) is 0 Å². The van der Waals surface area contributed by atoms with Crippen molar-refractivity contribution < 1.29 is 4.79 Å². The minimum atomic E-state index is -0.0793. The Kier molecular flexibility index (Phi) is 4.82. The molecule has 2 aromatic carbocycles. The average Bonchev–Trinajstić information content (AvgIpc) is 2.37. The highest BCUT2D eigenvalue weighted by Gasteiger charge is 2.10. The summed E-state index contributed by atoms with van der Waals surface area (Å²) < 4.78 is 0.953. The number of hydrogen-bond acceptors (Lipinski definition) is 1. The molecule has 0 aliphatic heterocycles. The molecule has 0 aliphatic rings. The normalized spacial score (nSPS) is 10.3. The maximum absolute atomic E-state index is 12.1. The van der Waals surface area contributed by atoms with Crippen molar-refractivity contribution in [3.8, 4) is 0 Å². The maximum atomic E-state index is 12.1. The Morgan fingerprint density at radius 2 is 2.00 bits per heavy atom. The molecule has 19 heavy (non-hydrogen) atoms. The van der Waals surface area contributed by atoms with Crippen molar-refractivity contribution in [2.45, 2.75) is 13.5 Å². The van der Waals surface area contributed by atoms with Gasteiger partial charge in [-0.1, -0.05) is 41.4 Å². The van der Waals surface area contributed by atoms with Crippen molar-refractivity contribution in [2.75, 3.05) is 0 Å². The number of rotatable bonds is 3. The van der Waals surface area contributed by atoms with E-state index in [-0.39, 0.29) is 5.91 Å². The van der Waals surface area contributed by atoms with Gasteiger partial charge in [0.15, 0.2) is 0 Å². The first kappa shape index (κ1) is 14.3. The Morgan fingerprint density at radius 3 is 2.68 bits per heavy atom. The van der Waals surface area contributed by atoms with Gasteiger partial charge in [-0.05, 0) is 53.3 Å². The Hall–Kier alpha value is -1.07. The number of aryl methyl sites for hydroxylation is 1. The molecule has 1 N–H and O–H groups in total. The summed E-state index contributed by atoms with van der Waals surface area (Å²) in [6, 6.07) is 13.3. The van der Waals surface area contributed by atoms with Crippen LogP contribution in [-0.4, -0.2) is 5.91 Å². The Labute approximate surface area is 131 Å². The summed E-state index contributed by atoms with van der Waals surface area (Å²) in [6.07, 6.45) is 0. The molecule has 2 rings (SSSR count). The molecule has 0 fully saturated rings. The predicted octanol–water partition coefficient (Wildman–Crippen LogP) is 4.18. The third-order valence-electron chi connectivity index (χ3n) is 2.77. The lowest BCUT2D eigenvalue weighted by Gasteiger charge is -2.08. The number of benzene rings is 2. The molecule has 0 unspecified atom stereocenters. The quantitative estimate of drug-likeness (QED) is 0.789. The second kappa shape index (κ2) is 6.39. The highest BCUT2D eigenvalue weighted by Crippen LogP contribution is 2.16. The molecule has 0 spiro atoms. The van der Waals surface area contributed by atoms with Gasteiger partial charge in [0, 0.05) is 15.1 Å². The van der Waals surface area contributed by atoms with Crippen LogP contribution in [0.2, 0.25) is 5.02 Å². The lowest BCUT2D eigenvalue weighted by molar-refractivity contribution is 0.0950. The van der Waals surface area contributed by atoms with E-state index in [0.717, 1.165) is 14.7 Å². The highest BCUT2D eigenvalue weighted by molar-refractivity contribution is 14.1. The van der Waals surface area contributed by atoms with Gasteiger partial charge in [0.05, 0.1) is 5.56 Å². The minimum absolute atomic E-state index is 0.0793. The Bertz CT molecular complexity index is 613. The molecule has 0 saturated heterocycles. The second-order valence-electron chi connectivity index (χ2n) is 4.26. The predicted molar refractivity (Wildman–Crippen MR) is 86.5 cm³/mol. The van der Waals surface area contributed by atoms with Crippen molar-refractivity contribution in [1.29, 1.82) is 0 Å². The van der Waals surface area contributed by atoms with Gasteiger partial charge < -0.3 is 5.32 Å². The molecule has 2 nitrogen and oxygen atoms in total. The molecule has 4 heteroatoms. The van der Waals surface area contributed by atoms with E-state index >= 15 is 0 Å². The van der Waals surface area contributed by atoms with Crippen LogP contribution in [-0.2, 0) is 6.54 Å². The van der Waals surface area contributed by atoms with Crippen LogP contribution >= 0.6 is 34.2 Å². The largest absolute Gasteiger partial charge is 0.348 e. The molecule has 98 valence electrons. The minimum Gasteiger partial charge on any atom is -0.348 e. The van der Waals surface area contributed by atoms with Gasteiger partial charge in [0.1, 0.15) is 0 Å². The van der Waals surface area contributed by atoms with E-state index in [0.29, 0.717) is 17.1 Å². The number of amides is 1. The fourth-order valence-electron chi connectivity index (χ4n) is 1.72. The monoisotopic (exact) mass is 385 g/mol. The molecule has 0 saturated carbocycles. The van der Waals surface area contributed by atoms with Crippen molar-refractivity contribution in [2.24, 2.45) is 0 Å². The number of carbonyl (C=O) groups excluding carboxylic acids is 1. The topological polar surface area (TPSA) is 29.1 Å². The molecule has 0 bridgehead atoms. The molecule has 0 heterocycles. The van der Waals surface area contributed by atoms with Gasteiger partial charge in [-0.3, -0.25) is 4.79 Å². The molecule has 1 amide bonds. The van der Waals surface area contributed by atoms with Crippen LogP contribution in [0.4, 0.5) is 0 Å². The third kappa shape index (κ3) is 3.70. The number of halogens is 2. The summed E-state index contributed by atoms with van der Waals surface area (Å²) >= 11 is 8.23. The van der Waals surface area contributed by atoms with Gasteiger partial charge in [-0.25, -0.2) is 0 Å². The smallest absolute Gasteiger partial charge is 0.252 e. The van der Waals surface area contributed by atoms with Gasteiger partial charge >= 0.3 is 0 Å². The molecule has 0 aromatic heterocycles. The maximum Gasteiger partial charge on any atom is 0.252 e. The SMILES string of the molecule is Cc1ccc(C(=O)NCc2ccccc2Cl)c(I)c1. The zero-order chi connectivity index (χ0) is 13.8. The van der Waals surface area contributed by atoms with Crippen LogP contribution in [0, 0.1) is 10.5 Å². The standard InChI is InChI=1S/C15H13ClINO/c1-10-6-7-12(14(17)8-10)15(19)18-9-11-4-2-3-5-13(11)16/h2-8H,9H2,1H3,(H,18,19). The molecule has 0 atom stereocenters. The van der Waals surface area contributed by atoms with Crippen LogP contribution < -0.4 is 5.32 Å². The van der Waals surface area contributed by atoms with E-state index in [1.54, 1.807) is 0 Å². The van der Waals surface area contributed by atoms with Crippen molar-refractivity contribution >= 4 is 40.1 Å². The second-order valence-corrected chi connectivity index (χ2v) is 5.83. The first-order valence-corrected chi connectivity index (χ1v) is 7.31. The van der Waals surface area contributed by atoms with E-state index < -0.39 is 0 Å². The Balaban J connectivity index is 2.08. The summed E-state index contributed by atoms with van der Waals surface area (Å²) in [7, 11) is 0. The molecular formula is C15H13ClINO. The lowest BCUT2D eigenvalue weighted by atomic mass is 10.1. The summed E-state index contributed by atoms with van der Waals surface area (Å²) in [4.78, 5) is 12.1. The van der Waals surface area contributed by atoms with E-state index in [9.17, 15) is 4.79 Å². The molecule has 0 aliphatic carbocycles. The van der Waals surface area contributed by atoms with E-state index in [1.807, 2.05) is 49.4 Å².